The van der Waals surface area contributed by atoms with Crippen LogP contribution in [0.2, 0.25) is 0 Å². The molecule has 0 aliphatic rings. The van der Waals surface area contributed by atoms with E-state index in [-0.39, 0.29) is 0 Å². The third-order valence-corrected chi connectivity index (χ3v) is 2.59. The van der Waals surface area contributed by atoms with Gasteiger partial charge >= 0.3 is 0 Å². The van der Waals surface area contributed by atoms with Crippen LogP contribution in [0.5, 0.6) is 5.75 Å². The highest BCUT2D eigenvalue weighted by Gasteiger charge is 2.05. The normalized spacial score (nSPS) is 11.5. The van der Waals surface area contributed by atoms with Crippen LogP contribution in [0.4, 0.5) is 0 Å². The molecule has 0 aliphatic heterocycles. The maximum absolute atomic E-state index is 5.38. The molecular formula is C9H15N3OS. The lowest BCUT2D eigenvalue weighted by molar-refractivity contribution is 0.416. The van der Waals surface area contributed by atoms with Gasteiger partial charge in [-0.25, -0.2) is 5.84 Å². The summed E-state index contributed by atoms with van der Waals surface area (Å²) in [7, 11) is 1.64. The van der Waals surface area contributed by atoms with E-state index in [0.29, 0.717) is 0 Å². The second-order valence-electron chi connectivity index (χ2n) is 2.73. The summed E-state index contributed by atoms with van der Waals surface area (Å²) in [5, 5.41) is 1.92. The molecule has 0 radical (unpaired) electrons. The lowest BCUT2D eigenvalue weighted by atomic mass is 10.4. The number of nitrogens with zero attached hydrogens (tertiary/aromatic N) is 1. The Morgan fingerprint density at radius 3 is 3.00 bits per heavy atom. The number of hydrogen-bond acceptors (Lipinski definition) is 4. The number of nitrogens with two attached hydrogens (primary N) is 1. The smallest absolute Gasteiger partial charge is 0.152 e. The molecule has 0 atom stereocenters. The van der Waals surface area contributed by atoms with E-state index < -0.39 is 0 Å². The van der Waals surface area contributed by atoms with Gasteiger partial charge in [0, 0.05) is 18.0 Å². The third kappa shape index (κ3) is 2.71. The zero-order valence-electron chi connectivity index (χ0n) is 8.41. The highest BCUT2D eigenvalue weighted by Crippen LogP contribution is 2.20. The SMILES string of the molecule is CCCN=C(NN)c1cc(OC)cs1. The highest BCUT2D eigenvalue weighted by atomic mass is 32.1. The monoisotopic (exact) mass is 213 g/mol. The van der Waals surface area contributed by atoms with Crippen molar-refractivity contribution in [2.75, 3.05) is 13.7 Å². The molecule has 0 saturated heterocycles. The fourth-order valence-corrected chi connectivity index (χ4v) is 1.80. The molecule has 0 saturated carbocycles. The van der Waals surface area contributed by atoms with Crippen LogP contribution in [0.3, 0.4) is 0 Å². The zero-order valence-corrected chi connectivity index (χ0v) is 9.23. The Balaban J connectivity index is 2.78. The van der Waals surface area contributed by atoms with Crippen molar-refractivity contribution in [3.05, 3.63) is 16.3 Å². The predicted molar refractivity (Wildman–Crippen MR) is 59.9 cm³/mol. The van der Waals surface area contributed by atoms with Crippen LogP contribution in [-0.2, 0) is 0 Å². The van der Waals surface area contributed by atoms with Gasteiger partial charge in [0.25, 0.3) is 0 Å². The first-order valence-corrected chi connectivity index (χ1v) is 5.33. The van der Waals surface area contributed by atoms with Gasteiger partial charge in [0.15, 0.2) is 5.84 Å². The van der Waals surface area contributed by atoms with Gasteiger partial charge in [0.2, 0.25) is 0 Å². The zero-order chi connectivity index (χ0) is 10.4. The minimum atomic E-state index is 0.722. The van der Waals surface area contributed by atoms with Crippen molar-refractivity contribution in [1.29, 1.82) is 0 Å². The molecule has 0 amide bonds. The minimum Gasteiger partial charge on any atom is -0.496 e. The standard InChI is InChI=1S/C9H15N3OS/c1-3-4-11-9(12-10)8-5-7(13-2)6-14-8/h5-6H,3-4,10H2,1-2H3,(H,11,12). The van der Waals surface area contributed by atoms with Gasteiger partial charge in [0.1, 0.15) is 5.75 Å². The summed E-state index contributed by atoms with van der Waals surface area (Å²) in [6.07, 6.45) is 1.01. The number of rotatable bonds is 4. The van der Waals surface area contributed by atoms with Crippen LogP contribution in [0.25, 0.3) is 0 Å². The van der Waals surface area contributed by atoms with E-state index in [9.17, 15) is 0 Å². The summed E-state index contributed by atoms with van der Waals surface area (Å²) < 4.78 is 5.08. The van der Waals surface area contributed by atoms with E-state index >= 15 is 0 Å². The summed E-state index contributed by atoms with van der Waals surface area (Å²) >= 11 is 1.56. The van der Waals surface area contributed by atoms with Gasteiger partial charge in [-0.15, -0.1) is 11.3 Å². The van der Waals surface area contributed by atoms with Gasteiger partial charge < -0.3 is 10.2 Å². The first-order chi connectivity index (χ1) is 6.81. The molecule has 1 aromatic heterocycles. The number of thiophene rings is 1. The third-order valence-electron chi connectivity index (χ3n) is 1.67. The molecule has 1 heterocycles. The van der Waals surface area contributed by atoms with Crippen molar-refractivity contribution >= 4 is 17.2 Å². The second kappa shape index (κ2) is 5.62. The van der Waals surface area contributed by atoms with Crippen LogP contribution >= 0.6 is 11.3 Å². The fourth-order valence-electron chi connectivity index (χ4n) is 0.968. The Morgan fingerprint density at radius 1 is 1.71 bits per heavy atom. The van der Waals surface area contributed by atoms with Crippen LogP contribution < -0.4 is 16.0 Å². The molecule has 0 aromatic carbocycles. The molecule has 78 valence electrons. The number of methoxy groups -OCH3 is 1. The lowest BCUT2D eigenvalue weighted by Gasteiger charge is -2.01. The molecule has 0 spiro atoms. The van der Waals surface area contributed by atoms with Crippen molar-refractivity contribution in [1.82, 2.24) is 5.43 Å². The Hall–Kier alpha value is -1.07. The van der Waals surface area contributed by atoms with Gasteiger partial charge in [-0.1, -0.05) is 6.92 Å². The Morgan fingerprint density at radius 2 is 2.50 bits per heavy atom. The van der Waals surface area contributed by atoms with Crippen molar-refractivity contribution in [3.8, 4) is 5.75 Å². The Bertz CT molecular complexity index is 309. The molecular weight excluding hydrogens is 198 g/mol. The summed E-state index contributed by atoms with van der Waals surface area (Å²) in [6.45, 7) is 2.85. The van der Waals surface area contributed by atoms with Crippen LogP contribution in [0, 0.1) is 0 Å². The highest BCUT2D eigenvalue weighted by molar-refractivity contribution is 7.12. The molecule has 1 aromatic rings. The number of nitrogens with one attached hydrogen (secondary N) is 1. The predicted octanol–water partition coefficient (Wildman–Crippen LogP) is 1.38. The number of hydrazine groups is 1. The first-order valence-electron chi connectivity index (χ1n) is 4.45. The van der Waals surface area contributed by atoms with Crippen LogP contribution in [-0.4, -0.2) is 19.5 Å². The molecule has 0 fully saturated rings. The van der Waals surface area contributed by atoms with E-state index in [2.05, 4.69) is 17.3 Å². The van der Waals surface area contributed by atoms with E-state index in [1.54, 1.807) is 18.4 Å². The van der Waals surface area contributed by atoms with Crippen molar-refractivity contribution in [3.63, 3.8) is 0 Å². The Labute approximate surface area is 87.8 Å². The Kier molecular flexibility index (Phi) is 4.42. The molecule has 14 heavy (non-hydrogen) atoms. The van der Waals surface area contributed by atoms with E-state index in [0.717, 1.165) is 29.4 Å². The van der Waals surface area contributed by atoms with E-state index in [4.69, 9.17) is 10.6 Å². The fraction of sp³-hybridized carbons (Fsp3) is 0.444. The second-order valence-corrected chi connectivity index (χ2v) is 3.64. The first kappa shape index (κ1) is 11.0. The maximum Gasteiger partial charge on any atom is 0.152 e. The molecule has 1 rings (SSSR count). The van der Waals surface area contributed by atoms with Gasteiger partial charge in [0.05, 0.1) is 12.0 Å². The number of hydrogen-bond donors (Lipinski definition) is 2. The van der Waals surface area contributed by atoms with Crippen LogP contribution in [0.15, 0.2) is 16.4 Å². The average Bonchev–Trinajstić information content (AvgIpc) is 2.68. The summed E-state index contributed by atoms with van der Waals surface area (Å²) in [6, 6.07) is 1.92. The molecule has 0 aliphatic carbocycles. The number of aliphatic imine (C=N–C) groups is 1. The molecule has 0 bridgehead atoms. The van der Waals surface area contributed by atoms with E-state index in [1.165, 1.54) is 0 Å². The average molecular weight is 213 g/mol. The summed E-state index contributed by atoms with van der Waals surface area (Å²) in [4.78, 5) is 5.31. The lowest BCUT2D eigenvalue weighted by Crippen LogP contribution is -2.30. The topological polar surface area (TPSA) is 59.6 Å². The molecule has 5 heteroatoms. The van der Waals surface area contributed by atoms with E-state index in [1.807, 2.05) is 11.4 Å². The largest absolute Gasteiger partial charge is 0.496 e. The minimum absolute atomic E-state index is 0.722. The maximum atomic E-state index is 5.38. The number of ether oxygens (including phenoxy) is 1. The molecule has 0 unspecified atom stereocenters. The van der Waals surface area contributed by atoms with Gasteiger partial charge in [-0.05, 0) is 6.42 Å². The summed E-state index contributed by atoms with van der Waals surface area (Å²) in [5.41, 5.74) is 2.60. The summed E-state index contributed by atoms with van der Waals surface area (Å²) in [5.74, 6) is 6.94. The van der Waals surface area contributed by atoms with Crippen molar-refractivity contribution < 1.29 is 4.74 Å². The number of amidine groups is 1. The molecule has 4 nitrogen and oxygen atoms in total. The van der Waals surface area contributed by atoms with Gasteiger partial charge in [-0.3, -0.25) is 4.99 Å². The van der Waals surface area contributed by atoms with Crippen molar-refractivity contribution in [2.45, 2.75) is 13.3 Å². The quantitative estimate of drug-likeness (QED) is 0.344. The van der Waals surface area contributed by atoms with Crippen LogP contribution in [0.1, 0.15) is 18.2 Å². The molecule has 3 N–H and O–H groups in total. The van der Waals surface area contributed by atoms with Gasteiger partial charge in [-0.2, -0.15) is 0 Å². The van der Waals surface area contributed by atoms with Crippen molar-refractivity contribution in [2.24, 2.45) is 10.8 Å².